The van der Waals surface area contributed by atoms with E-state index < -0.39 is 0 Å². The fourth-order valence-corrected chi connectivity index (χ4v) is 3.56. The third-order valence-electron chi connectivity index (χ3n) is 5.42. The predicted octanol–water partition coefficient (Wildman–Crippen LogP) is 1.67. The number of hydrogen-bond acceptors (Lipinski definition) is 4. The van der Waals surface area contributed by atoms with E-state index in [2.05, 4.69) is 27.8 Å². The molecule has 0 aromatic heterocycles. The highest BCUT2D eigenvalue weighted by Gasteiger charge is 2.32. The summed E-state index contributed by atoms with van der Waals surface area (Å²) in [5.74, 6) is 0.961. The molecule has 2 N–H and O–H groups in total. The number of anilines is 1. The number of benzene rings is 1. The lowest BCUT2D eigenvalue weighted by Gasteiger charge is -2.36. The van der Waals surface area contributed by atoms with Gasteiger partial charge in [0.15, 0.2) is 5.96 Å². The van der Waals surface area contributed by atoms with Gasteiger partial charge in [-0.15, -0.1) is 0 Å². The van der Waals surface area contributed by atoms with Crippen LogP contribution in [0.5, 0.6) is 0 Å². The predicted molar refractivity (Wildman–Crippen MR) is 106 cm³/mol. The number of carbonyl (C=O) groups excluding carboxylic acids is 1. The van der Waals surface area contributed by atoms with Crippen LogP contribution in [0.3, 0.4) is 0 Å². The molecule has 0 atom stereocenters. The average Bonchev–Trinajstić information content (AvgIpc) is 3.15. The molecule has 2 heterocycles. The Bertz CT molecular complexity index is 654. The Balaban J connectivity index is 1.49. The summed E-state index contributed by atoms with van der Waals surface area (Å²) in [4.78, 5) is 18.0. The lowest BCUT2D eigenvalue weighted by molar-refractivity contribution is -0.117. The molecule has 2 aliphatic rings. The second-order valence-corrected chi connectivity index (χ2v) is 7.09. The fraction of sp³-hybridized carbons (Fsp3) is 0.600. The van der Waals surface area contributed by atoms with Gasteiger partial charge < -0.3 is 25.0 Å². The minimum atomic E-state index is -0.195. The van der Waals surface area contributed by atoms with E-state index in [1.807, 2.05) is 17.0 Å². The maximum atomic E-state index is 11.8. The van der Waals surface area contributed by atoms with Crippen molar-refractivity contribution in [2.24, 2.45) is 4.99 Å². The van der Waals surface area contributed by atoms with Gasteiger partial charge in [0.05, 0.1) is 5.60 Å². The van der Waals surface area contributed by atoms with E-state index in [4.69, 9.17) is 9.47 Å². The molecule has 1 amide bonds. The zero-order chi connectivity index (χ0) is 19.1. The number of nitrogens with one attached hydrogen (secondary N) is 2. The summed E-state index contributed by atoms with van der Waals surface area (Å²) < 4.78 is 11.2. The highest BCUT2D eigenvalue weighted by atomic mass is 16.5. The van der Waals surface area contributed by atoms with Gasteiger partial charge in [-0.25, -0.2) is 0 Å². The Labute approximate surface area is 161 Å². The number of aliphatic imine (C=N–C) groups is 1. The van der Waals surface area contributed by atoms with E-state index in [0.29, 0.717) is 19.5 Å². The lowest BCUT2D eigenvalue weighted by Crippen LogP contribution is -2.50. The SMILES string of the molecule is CN=C(NCc1ccc(N2CCCC2=O)cc1)NCC1(OC)CCOCC1. The van der Waals surface area contributed by atoms with E-state index in [1.54, 1.807) is 14.2 Å². The summed E-state index contributed by atoms with van der Waals surface area (Å²) in [5.41, 5.74) is 1.92. The van der Waals surface area contributed by atoms with Crippen LogP contribution in [0, 0.1) is 0 Å². The Morgan fingerprint density at radius 3 is 2.59 bits per heavy atom. The first kappa shape index (κ1) is 19.6. The molecule has 0 aliphatic carbocycles. The number of nitrogens with zero attached hydrogens (tertiary/aromatic N) is 2. The van der Waals surface area contributed by atoms with E-state index in [1.165, 1.54) is 0 Å². The number of rotatable bonds is 6. The molecule has 3 rings (SSSR count). The third-order valence-corrected chi connectivity index (χ3v) is 5.42. The van der Waals surface area contributed by atoms with Crippen molar-refractivity contribution in [1.82, 2.24) is 10.6 Å². The van der Waals surface area contributed by atoms with Crippen molar-refractivity contribution in [2.45, 2.75) is 37.8 Å². The second-order valence-electron chi connectivity index (χ2n) is 7.09. The largest absolute Gasteiger partial charge is 0.381 e. The molecule has 0 bridgehead atoms. The summed E-state index contributed by atoms with van der Waals surface area (Å²) >= 11 is 0. The molecule has 0 spiro atoms. The summed E-state index contributed by atoms with van der Waals surface area (Å²) in [6, 6.07) is 8.13. The van der Waals surface area contributed by atoms with Crippen molar-refractivity contribution in [2.75, 3.05) is 45.4 Å². The van der Waals surface area contributed by atoms with Gasteiger partial charge in [-0.1, -0.05) is 12.1 Å². The Kier molecular flexibility index (Phi) is 6.68. The van der Waals surface area contributed by atoms with Gasteiger partial charge in [0.25, 0.3) is 0 Å². The van der Waals surface area contributed by atoms with Crippen LogP contribution in [0.1, 0.15) is 31.2 Å². The topological polar surface area (TPSA) is 75.2 Å². The highest BCUT2D eigenvalue weighted by molar-refractivity contribution is 5.95. The van der Waals surface area contributed by atoms with Crippen LogP contribution in [-0.4, -0.2) is 57.9 Å². The number of ether oxygens (including phenoxy) is 2. The molecule has 7 heteroatoms. The quantitative estimate of drug-likeness (QED) is 0.585. The Morgan fingerprint density at radius 2 is 2.00 bits per heavy atom. The molecule has 2 fully saturated rings. The zero-order valence-corrected chi connectivity index (χ0v) is 16.3. The molecule has 1 aromatic carbocycles. The summed E-state index contributed by atoms with van der Waals surface area (Å²) in [6.45, 7) is 3.64. The lowest BCUT2D eigenvalue weighted by atomic mass is 9.94. The molecular weight excluding hydrogens is 344 g/mol. The minimum Gasteiger partial charge on any atom is -0.381 e. The molecule has 0 saturated carbocycles. The van der Waals surface area contributed by atoms with E-state index in [0.717, 1.165) is 56.2 Å². The Morgan fingerprint density at radius 1 is 1.26 bits per heavy atom. The average molecular weight is 374 g/mol. The molecule has 2 aliphatic heterocycles. The fourth-order valence-electron chi connectivity index (χ4n) is 3.56. The molecule has 27 heavy (non-hydrogen) atoms. The van der Waals surface area contributed by atoms with Gasteiger partial charge in [-0.2, -0.15) is 0 Å². The maximum absolute atomic E-state index is 11.8. The van der Waals surface area contributed by atoms with Gasteiger partial charge in [0, 0.05) is 72.0 Å². The van der Waals surface area contributed by atoms with Crippen LogP contribution in [-0.2, 0) is 20.8 Å². The number of amides is 1. The monoisotopic (exact) mass is 374 g/mol. The first-order valence-electron chi connectivity index (χ1n) is 9.62. The Hall–Kier alpha value is -2.12. The summed E-state index contributed by atoms with van der Waals surface area (Å²) in [5, 5.41) is 6.70. The summed E-state index contributed by atoms with van der Waals surface area (Å²) in [7, 11) is 3.52. The van der Waals surface area contributed by atoms with Gasteiger partial charge in [-0.3, -0.25) is 9.79 Å². The molecule has 0 radical (unpaired) electrons. The number of methoxy groups -OCH3 is 1. The molecule has 0 unspecified atom stereocenters. The van der Waals surface area contributed by atoms with Crippen LogP contribution in [0.15, 0.2) is 29.3 Å². The van der Waals surface area contributed by atoms with Crippen molar-refractivity contribution in [3.63, 3.8) is 0 Å². The van der Waals surface area contributed by atoms with Crippen molar-refractivity contribution in [3.05, 3.63) is 29.8 Å². The van der Waals surface area contributed by atoms with Crippen LogP contribution in [0.4, 0.5) is 5.69 Å². The van der Waals surface area contributed by atoms with Crippen molar-refractivity contribution in [1.29, 1.82) is 0 Å². The van der Waals surface area contributed by atoms with E-state index in [-0.39, 0.29) is 11.5 Å². The standard InChI is InChI=1S/C20H30N4O3/c1-21-19(23-15-20(26-2)9-12-27-13-10-20)22-14-16-5-7-17(8-6-16)24-11-3-4-18(24)25/h5-8H,3-4,9-15H2,1-2H3,(H2,21,22,23). The van der Waals surface area contributed by atoms with Gasteiger partial charge in [-0.05, 0) is 24.1 Å². The first-order chi connectivity index (χ1) is 13.2. The molecule has 1 aromatic rings. The van der Waals surface area contributed by atoms with Crippen LogP contribution >= 0.6 is 0 Å². The van der Waals surface area contributed by atoms with E-state index in [9.17, 15) is 4.79 Å². The van der Waals surface area contributed by atoms with Crippen LogP contribution in [0.25, 0.3) is 0 Å². The molecule has 2 saturated heterocycles. The minimum absolute atomic E-state index is 0.195. The number of carbonyl (C=O) groups is 1. The van der Waals surface area contributed by atoms with Crippen LogP contribution in [0.2, 0.25) is 0 Å². The number of guanidine groups is 1. The highest BCUT2D eigenvalue weighted by Crippen LogP contribution is 2.23. The first-order valence-corrected chi connectivity index (χ1v) is 9.62. The van der Waals surface area contributed by atoms with Gasteiger partial charge in [0.2, 0.25) is 5.91 Å². The van der Waals surface area contributed by atoms with Crippen LogP contribution < -0.4 is 15.5 Å². The zero-order valence-electron chi connectivity index (χ0n) is 16.3. The van der Waals surface area contributed by atoms with E-state index >= 15 is 0 Å². The maximum Gasteiger partial charge on any atom is 0.227 e. The molecular formula is C20H30N4O3. The molecule has 148 valence electrons. The number of hydrogen-bond donors (Lipinski definition) is 2. The summed E-state index contributed by atoms with van der Waals surface area (Å²) in [6.07, 6.45) is 3.36. The van der Waals surface area contributed by atoms with Gasteiger partial charge >= 0.3 is 0 Å². The normalized spacial score (nSPS) is 20.0. The third kappa shape index (κ3) is 4.99. The smallest absolute Gasteiger partial charge is 0.227 e. The molecule has 7 nitrogen and oxygen atoms in total. The second kappa shape index (κ2) is 9.19. The van der Waals surface area contributed by atoms with Crippen molar-refractivity contribution >= 4 is 17.6 Å². The van der Waals surface area contributed by atoms with Crippen molar-refractivity contribution < 1.29 is 14.3 Å². The van der Waals surface area contributed by atoms with Crippen molar-refractivity contribution in [3.8, 4) is 0 Å². The van der Waals surface area contributed by atoms with Gasteiger partial charge in [0.1, 0.15) is 0 Å².